The number of nitrogens with one attached hydrogen (secondary N) is 1. The highest BCUT2D eigenvalue weighted by Gasteiger charge is 2.12. The molecule has 0 radical (unpaired) electrons. The summed E-state index contributed by atoms with van der Waals surface area (Å²) >= 11 is 1.50. The van der Waals surface area contributed by atoms with E-state index < -0.39 is 0 Å². The largest absolute Gasteiger partial charge is 0.491 e. The normalized spacial score (nSPS) is 11.0. The number of anilines is 1. The zero-order valence-electron chi connectivity index (χ0n) is 14.2. The molecule has 0 aliphatic carbocycles. The molecule has 0 aliphatic heterocycles. The van der Waals surface area contributed by atoms with Gasteiger partial charge in [-0.3, -0.25) is 10.1 Å². The molecule has 0 saturated carbocycles. The number of hydrogen-bond acceptors (Lipinski definition) is 4. The summed E-state index contributed by atoms with van der Waals surface area (Å²) in [7, 11) is 0. The summed E-state index contributed by atoms with van der Waals surface area (Å²) in [5.41, 5.74) is 3.86. The molecule has 5 heteroatoms. The number of ether oxygens (including phenoxy) is 1. The van der Waals surface area contributed by atoms with Gasteiger partial charge in [-0.05, 0) is 69.2 Å². The standard InChI is InChI=1S/C19H20N2O2S/c1-11(2)23-15-7-5-14(6-8-15)18(22)21-19-20-16-10-12(3)9-13(4)17(16)24-19/h5-11H,1-4H3,(H,20,21,22). The molecule has 0 spiro atoms. The smallest absolute Gasteiger partial charge is 0.257 e. The fraction of sp³-hybridized carbons (Fsp3) is 0.263. The van der Waals surface area contributed by atoms with E-state index in [4.69, 9.17) is 4.74 Å². The van der Waals surface area contributed by atoms with E-state index in [1.807, 2.05) is 26.8 Å². The van der Waals surface area contributed by atoms with Gasteiger partial charge < -0.3 is 4.74 Å². The number of hydrogen-bond donors (Lipinski definition) is 1. The summed E-state index contributed by atoms with van der Waals surface area (Å²) in [5, 5.41) is 3.50. The Balaban J connectivity index is 1.78. The molecule has 124 valence electrons. The molecule has 0 saturated heterocycles. The summed E-state index contributed by atoms with van der Waals surface area (Å²) in [6.07, 6.45) is 0.110. The molecule has 2 aromatic carbocycles. The van der Waals surface area contributed by atoms with Gasteiger partial charge in [0.25, 0.3) is 5.91 Å². The highest BCUT2D eigenvalue weighted by Crippen LogP contribution is 2.30. The van der Waals surface area contributed by atoms with Gasteiger partial charge >= 0.3 is 0 Å². The second-order valence-electron chi connectivity index (χ2n) is 6.09. The first kappa shape index (κ1) is 16.5. The molecule has 1 amide bonds. The molecule has 0 aliphatic rings. The molecule has 4 nitrogen and oxygen atoms in total. The molecule has 0 atom stereocenters. The van der Waals surface area contributed by atoms with Crippen molar-refractivity contribution in [1.29, 1.82) is 0 Å². The van der Waals surface area contributed by atoms with Crippen LogP contribution in [0, 0.1) is 13.8 Å². The van der Waals surface area contributed by atoms with E-state index in [2.05, 4.69) is 23.3 Å². The lowest BCUT2D eigenvalue weighted by Gasteiger charge is -2.09. The number of benzene rings is 2. The van der Waals surface area contributed by atoms with Gasteiger partial charge in [0.2, 0.25) is 0 Å². The van der Waals surface area contributed by atoms with Crippen molar-refractivity contribution in [2.75, 3.05) is 5.32 Å². The lowest BCUT2D eigenvalue weighted by Crippen LogP contribution is -2.12. The minimum atomic E-state index is -0.167. The van der Waals surface area contributed by atoms with Crippen LogP contribution in [-0.2, 0) is 0 Å². The lowest BCUT2D eigenvalue weighted by atomic mass is 10.1. The molecule has 0 unspecified atom stereocenters. The van der Waals surface area contributed by atoms with Crippen LogP contribution in [0.15, 0.2) is 36.4 Å². The van der Waals surface area contributed by atoms with Gasteiger partial charge in [-0.15, -0.1) is 0 Å². The summed E-state index contributed by atoms with van der Waals surface area (Å²) in [6.45, 7) is 8.05. The van der Waals surface area contributed by atoms with E-state index in [0.717, 1.165) is 16.0 Å². The van der Waals surface area contributed by atoms with Crippen molar-refractivity contribution < 1.29 is 9.53 Å². The number of carbonyl (C=O) groups excluding carboxylic acids is 1. The maximum atomic E-state index is 12.4. The summed E-state index contributed by atoms with van der Waals surface area (Å²) in [5.74, 6) is 0.590. The summed E-state index contributed by atoms with van der Waals surface area (Å²) < 4.78 is 6.70. The van der Waals surface area contributed by atoms with Crippen LogP contribution in [0.2, 0.25) is 0 Å². The number of carbonyl (C=O) groups is 1. The SMILES string of the molecule is Cc1cc(C)c2sc(NC(=O)c3ccc(OC(C)C)cc3)nc2c1. The van der Waals surface area contributed by atoms with Crippen molar-refractivity contribution in [1.82, 2.24) is 4.98 Å². The topological polar surface area (TPSA) is 51.2 Å². The molecule has 0 fully saturated rings. The van der Waals surface area contributed by atoms with Crippen molar-refractivity contribution in [3.63, 3.8) is 0 Å². The number of nitrogens with zero attached hydrogens (tertiary/aromatic N) is 1. The number of amides is 1. The van der Waals surface area contributed by atoms with Crippen LogP contribution < -0.4 is 10.1 Å². The van der Waals surface area contributed by atoms with Crippen molar-refractivity contribution in [2.45, 2.75) is 33.8 Å². The van der Waals surface area contributed by atoms with Gasteiger partial charge in [0.05, 0.1) is 16.3 Å². The third-order valence-electron chi connectivity index (χ3n) is 3.53. The molecule has 3 aromatic rings. The second-order valence-corrected chi connectivity index (χ2v) is 7.09. The maximum absolute atomic E-state index is 12.4. The van der Waals surface area contributed by atoms with E-state index in [0.29, 0.717) is 10.7 Å². The minimum absolute atomic E-state index is 0.110. The predicted octanol–water partition coefficient (Wildman–Crippen LogP) is 4.95. The Kier molecular flexibility index (Phi) is 4.53. The Morgan fingerprint density at radius 2 is 1.88 bits per heavy atom. The first-order valence-electron chi connectivity index (χ1n) is 7.88. The van der Waals surface area contributed by atoms with Crippen LogP contribution in [0.5, 0.6) is 5.75 Å². The van der Waals surface area contributed by atoms with Gasteiger partial charge in [0.15, 0.2) is 5.13 Å². The summed E-state index contributed by atoms with van der Waals surface area (Å²) in [4.78, 5) is 16.9. The Morgan fingerprint density at radius 3 is 2.54 bits per heavy atom. The van der Waals surface area contributed by atoms with Crippen molar-refractivity contribution in [2.24, 2.45) is 0 Å². The van der Waals surface area contributed by atoms with Gasteiger partial charge in [-0.1, -0.05) is 17.4 Å². The van der Waals surface area contributed by atoms with Gasteiger partial charge in [0.1, 0.15) is 5.75 Å². The van der Waals surface area contributed by atoms with Crippen molar-refractivity contribution >= 4 is 32.6 Å². The number of fused-ring (bicyclic) bond motifs is 1. The monoisotopic (exact) mass is 340 g/mol. The molecule has 1 aromatic heterocycles. The van der Waals surface area contributed by atoms with Crippen molar-refractivity contribution in [3.05, 3.63) is 53.1 Å². The van der Waals surface area contributed by atoms with Crippen LogP contribution in [0.3, 0.4) is 0 Å². The van der Waals surface area contributed by atoms with Crippen molar-refractivity contribution in [3.8, 4) is 5.75 Å². The van der Waals surface area contributed by atoms with Crippen LogP contribution in [0.4, 0.5) is 5.13 Å². The first-order valence-corrected chi connectivity index (χ1v) is 8.70. The maximum Gasteiger partial charge on any atom is 0.257 e. The van der Waals surface area contributed by atoms with Crippen LogP contribution in [0.1, 0.15) is 35.3 Å². The van der Waals surface area contributed by atoms with E-state index in [1.54, 1.807) is 24.3 Å². The molecule has 24 heavy (non-hydrogen) atoms. The average Bonchev–Trinajstić information content (AvgIpc) is 2.90. The molecular formula is C19H20N2O2S. The van der Waals surface area contributed by atoms with Crippen LogP contribution in [0.25, 0.3) is 10.2 Å². The van der Waals surface area contributed by atoms with Crippen LogP contribution in [-0.4, -0.2) is 17.0 Å². The fourth-order valence-electron chi connectivity index (χ4n) is 2.56. The highest BCUT2D eigenvalue weighted by atomic mass is 32.1. The predicted molar refractivity (Wildman–Crippen MR) is 99.3 cm³/mol. The third-order valence-corrected chi connectivity index (χ3v) is 4.65. The molecular weight excluding hydrogens is 320 g/mol. The Hall–Kier alpha value is -2.40. The lowest BCUT2D eigenvalue weighted by molar-refractivity contribution is 0.102. The van der Waals surface area contributed by atoms with E-state index in [9.17, 15) is 4.79 Å². The molecule has 0 bridgehead atoms. The number of aromatic nitrogens is 1. The quantitative estimate of drug-likeness (QED) is 0.731. The number of rotatable bonds is 4. The number of thiazole rings is 1. The fourth-order valence-corrected chi connectivity index (χ4v) is 3.47. The van der Waals surface area contributed by atoms with E-state index in [1.165, 1.54) is 22.5 Å². The molecule has 1 heterocycles. The second kappa shape index (κ2) is 6.61. The summed E-state index contributed by atoms with van der Waals surface area (Å²) in [6, 6.07) is 11.3. The molecule has 3 rings (SSSR count). The Bertz CT molecular complexity index is 882. The Labute approximate surface area is 145 Å². The van der Waals surface area contributed by atoms with Gasteiger partial charge in [-0.25, -0.2) is 4.98 Å². The highest BCUT2D eigenvalue weighted by molar-refractivity contribution is 7.22. The first-order chi connectivity index (χ1) is 11.4. The van der Waals surface area contributed by atoms with E-state index >= 15 is 0 Å². The number of aryl methyl sites for hydroxylation is 2. The van der Waals surface area contributed by atoms with Gasteiger partial charge in [-0.2, -0.15) is 0 Å². The van der Waals surface area contributed by atoms with E-state index in [-0.39, 0.29) is 12.0 Å². The van der Waals surface area contributed by atoms with Crippen LogP contribution >= 0.6 is 11.3 Å². The third kappa shape index (κ3) is 3.57. The minimum Gasteiger partial charge on any atom is -0.491 e. The average molecular weight is 340 g/mol. The zero-order chi connectivity index (χ0) is 17.3. The zero-order valence-corrected chi connectivity index (χ0v) is 15.0. The molecule has 1 N–H and O–H groups in total. The Morgan fingerprint density at radius 1 is 1.17 bits per heavy atom. The van der Waals surface area contributed by atoms with Gasteiger partial charge in [0, 0.05) is 5.56 Å².